The SMILES string of the molecule is Cc1cc(C)cc(-n2c(O)c(/C=C3\C=CC=N3)c(=O)[nH]c2=S)c1. The van der Waals surface area contributed by atoms with E-state index in [1.54, 1.807) is 18.4 Å². The van der Waals surface area contributed by atoms with Crippen molar-refractivity contribution in [1.82, 2.24) is 9.55 Å². The Balaban J connectivity index is 2.28. The smallest absolute Gasteiger partial charge is 0.262 e. The summed E-state index contributed by atoms with van der Waals surface area (Å²) in [6.07, 6.45) is 6.66. The van der Waals surface area contributed by atoms with Crippen LogP contribution in [0.15, 0.2) is 45.8 Å². The van der Waals surface area contributed by atoms with Gasteiger partial charge >= 0.3 is 0 Å². The molecule has 0 aliphatic carbocycles. The predicted molar refractivity (Wildman–Crippen MR) is 94.0 cm³/mol. The van der Waals surface area contributed by atoms with Crippen LogP contribution in [-0.4, -0.2) is 20.9 Å². The number of aliphatic imine (C=N–C) groups is 1. The van der Waals surface area contributed by atoms with Gasteiger partial charge in [0.25, 0.3) is 5.56 Å². The Hall–Kier alpha value is -2.73. The Kier molecular flexibility index (Phi) is 3.83. The third-order valence-corrected chi connectivity index (χ3v) is 3.74. The number of hydrogen-bond acceptors (Lipinski definition) is 4. The molecule has 0 saturated heterocycles. The molecule has 0 atom stereocenters. The van der Waals surface area contributed by atoms with E-state index in [-0.39, 0.29) is 16.2 Å². The molecule has 23 heavy (non-hydrogen) atoms. The molecular formula is C17H15N3O2S. The zero-order valence-electron chi connectivity index (χ0n) is 12.7. The number of H-pyrrole nitrogens is 1. The standard InChI is InChI=1S/C17H15N3O2S/c1-10-6-11(2)8-13(7-10)20-16(22)14(15(21)19-17(20)23)9-12-4-3-5-18-12/h3-9,22H,1-2H3,(H,19,21,23)/b12-9+. The number of benzene rings is 1. The van der Waals surface area contributed by atoms with Gasteiger partial charge < -0.3 is 5.11 Å². The Morgan fingerprint density at radius 2 is 1.96 bits per heavy atom. The van der Waals surface area contributed by atoms with E-state index >= 15 is 0 Å². The third kappa shape index (κ3) is 2.93. The van der Waals surface area contributed by atoms with Gasteiger partial charge in [0.05, 0.1) is 11.4 Å². The molecule has 1 aliphatic heterocycles. The van der Waals surface area contributed by atoms with Gasteiger partial charge in [0, 0.05) is 6.21 Å². The lowest BCUT2D eigenvalue weighted by molar-refractivity contribution is 0.432. The molecular weight excluding hydrogens is 310 g/mol. The Morgan fingerprint density at radius 1 is 1.26 bits per heavy atom. The minimum Gasteiger partial charge on any atom is -0.494 e. The molecule has 6 heteroatoms. The van der Waals surface area contributed by atoms with Crippen LogP contribution in [-0.2, 0) is 0 Å². The van der Waals surface area contributed by atoms with Crippen molar-refractivity contribution in [1.29, 1.82) is 0 Å². The van der Waals surface area contributed by atoms with Crippen LogP contribution in [0.3, 0.4) is 0 Å². The van der Waals surface area contributed by atoms with Crippen LogP contribution < -0.4 is 5.56 Å². The second kappa shape index (κ2) is 5.81. The van der Waals surface area contributed by atoms with E-state index in [4.69, 9.17) is 12.2 Å². The summed E-state index contributed by atoms with van der Waals surface area (Å²) >= 11 is 5.22. The highest BCUT2D eigenvalue weighted by atomic mass is 32.1. The summed E-state index contributed by atoms with van der Waals surface area (Å²) in [6, 6.07) is 5.81. The van der Waals surface area contributed by atoms with Crippen molar-refractivity contribution in [2.24, 2.45) is 4.99 Å². The number of hydrogen-bond donors (Lipinski definition) is 2. The minimum atomic E-state index is -0.448. The molecule has 2 heterocycles. The third-order valence-electron chi connectivity index (χ3n) is 3.45. The van der Waals surface area contributed by atoms with Crippen LogP contribution in [0.4, 0.5) is 0 Å². The first kappa shape index (κ1) is 15.2. The van der Waals surface area contributed by atoms with Gasteiger partial charge in [0.2, 0.25) is 5.88 Å². The molecule has 0 radical (unpaired) electrons. The predicted octanol–water partition coefficient (Wildman–Crippen LogP) is 3.20. The average Bonchev–Trinajstić information content (AvgIpc) is 2.95. The van der Waals surface area contributed by atoms with Crippen LogP contribution >= 0.6 is 12.2 Å². The van der Waals surface area contributed by atoms with E-state index in [1.807, 2.05) is 32.0 Å². The summed E-state index contributed by atoms with van der Waals surface area (Å²) in [4.78, 5) is 18.8. The average molecular weight is 325 g/mol. The zero-order valence-corrected chi connectivity index (χ0v) is 13.5. The zero-order chi connectivity index (χ0) is 16.6. The van der Waals surface area contributed by atoms with Crippen LogP contribution in [0, 0.1) is 18.6 Å². The normalized spacial score (nSPS) is 14.8. The van der Waals surface area contributed by atoms with Crippen molar-refractivity contribution < 1.29 is 5.11 Å². The van der Waals surface area contributed by atoms with Crippen molar-refractivity contribution in [3.8, 4) is 11.6 Å². The fourth-order valence-electron chi connectivity index (χ4n) is 2.53. The van der Waals surface area contributed by atoms with Crippen LogP contribution in [0.5, 0.6) is 5.88 Å². The Labute approximate surface area is 138 Å². The number of rotatable bonds is 2. The van der Waals surface area contributed by atoms with Gasteiger partial charge in [0.1, 0.15) is 5.56 Å². The van der Waals surface area contributed by atoms with Crippen molar-refractivity contribution in [3.63, 3.8) is 0 Å². The fraction of sp³-hybridized carbons (Fsp3) is 0.118. The molecule has 1 aromatic heterocycles. The second-order valence-electron chi connectivity index (χ2n) is 5.38. The monoisotopic (exact) mass is 325 g/mol. The van der Waals surface area contributed by atoms with Gasteiger partial charge in [-0.05, 0) is 67.6 Å². The fourth-order valence-corrected chi connectivity index (χ4v) is 2.82. The largest absolute Gasteiger partial charge is 0.494 e. The number of nitrogens with one attached hydrogen (secondary N) is 1. The number of aromatic amines is 1. The first-order valence-electron chi connectivity index (χ1n) is 7.05. The van der Waals surface area contributed by atoms with Gasteiger partial charge in [-0.3, -0.25) is 19.3 Å². The van der Waals surface area contributed by atoms with Gasteiger partial charge in [-0.1, -0.05) is 6.07 Å². The van der Waals surface area contributed by atoms with Crippen molar-refractivity contribution in [2.75, 3.05) is 0 Å². The summed E-state index contributed by atoms with van der Waals surface area (Å²) in [5, 5.41) is 10.6. The van der Waals surface area contributed by atoms with Crippen LogP contribution in [0.1, 0.15) is 16.7 Å². The lowest BCUT2D eigenvalue weighted by Crippen LogP contribution is -2.16. The number of nitrogens with zero attached hydrogens (tertiary/aromatic N) is 2. The lowest BCUT2D eigenvalue weighted by atomic mass is 10.1. The highest BCUT2D eigenvalue weighted by Crippen LogP contribution is 2.23. The highest BCUT2D eigenvalue weighted by molar-refractivity contribution is 7.71. The molecule has 0 bridgehead atoms. The Morgan fingerprint density at radius 3 is 2.57 bits per heavy atom. The quantitative estimate of drug-likeness (QED) is 0.833. The summed E-state index contributed by atoms with van der Waals surface area (Å²) in [5.41, 5.74) is 3.04. The number of allylic oxidation sites excluding steroid dienone is 2. The van der Waals surface area contributed by atoms with E-state index in [9.17, 15) is 9.90 Å². The molecule has 0 fully saturated rings. The van der Waals surface area contributed by atoms with E-state index < -0.39 is 5.56 Å². The van der Waals surface area contributed by atoms with E-state index in [1.165, 1.54) is 10.6 Å². The molecule has 5 nitrogen and oxygen atoms in total. The molecule has 0 spiro atoms. The number of aryl methyl sites for hydroxylation is 2. The first-order valence-corrected chi connectivity index (χ1v) is 7.46. The molecule has 0 saturated carbocycles. The molecule has 0 unspecified atom stereocenters. The van der Waals surface area contributed by atoms with E-state index in [0.29, 0.717) is 11.4 Å². The second-order valence-corrected chi connectivity index (χ2v) is 5.77. The first-order chi connectivity index (χ1) is 11.0. The molecule has 116 valence electrons. The van der Waals surface area contributed by atoms with Crippen molar-refractivity contribution >= 4 is 24.5 Å². The molecule has 2 aromatic rings. The topological polar surface area (TPSA) is 70.4 Å². The van der Waals surface area contributed by atoms with Gasteiger partial charge in [-0.2, -0.15) is 0 Å². The van der Waals surface area contributed by atoms with Crippen LogP contribution in [0.25, 0.3) is 11.8 Å². The number of aromatic nitrogens is 2. The van der Waals surface area contributed by atoms with E-state index in [2.05, 4.69) is 9.98 Å². The summed E-state index contributed by atoms with van der Waals surface area (Å²) in [6.45, 7) is 3.92. The number of aromatic hydroxyl groups is 1. The summed E-state index contributed by atoms with van der Waals surface area (Å²) in [7, 11) is 0. The van der Waals surface area contributed by atoms with Gasteiger partial charge in [-0.25, -0.2) is 0 Å². The Bertz CT molecular complexity index is 960. The molecule has 3 rings (SSSR count). The highest BCUT2D eigenvalue weighted by Gasteiger charge is 2.13. The van der Waals surface area contributed by atoms with E-state index in [0.717, 1.165) is 11.1 Å². The van der Waals surface area contributed by atoms with Crippen LogP contribution in [0.2, 0.25) is 0 Å². The van der Waals surface area contributed by atoms with Gasteiger partial charge in [0.15, 0.2) is 4.77 Å². The molecule has 1 aliphatic rings. The van der Waals surface area contributed by atoms with Gasteiger partial charge in [-0.15, -0.1) is 0 Å². The minimum absolute atomic E-state index is 0.122. The maximum Gasteiger partial charge on any atom is 0.262 e. The molecule has 2 N–H and O–H groups in total. The summed E-state index contributed by atoms with van der Waals surface area (Å²) < 4.78 is 1.59. The lowest BCUT2D eigenvalue weighted by Gasteiger charge is -2.13. The summed E-state index contributed by atoms with van der Waals surface area (Å²) in [5.74, 6) is -0.202. The maximum atomic E-state index is 12.1. The molecule has 1 aromatic carbocycles. The maximum absolute atomic E-state index is 12.1. The van der Waals surface area contributed by atoms with Crippen molar-refractivity contribution in [3.05, 3.63) is 67.9 Å². The molecule has 0 amide bonds. The van der Waals surface area contributed by atoms with Crippen molar-refractivity contribution in [2.45, 2.75) is 13.8 Å².